The number of anilines is 1. The molecule has 0 N–H and O–H groups in total. The average Bonchev–Trinajstić information content (AvgIpc) is 3.22. The largest absolute Gasteiger partial charge is 0.453 e. The molecule has 4 rings (SSSR count). The molecule has 1 aliphatic heterocycles. The van der Waals surface area contributed by atoms with Gasteiger partial charge in [0.2, 0.25) is 15.9 Å². The minimum Gasteiger partial charge on any atom is -0.337 e. The number of halogens is 3. The molecule has 1 fully saturated rings. The molecule has 0 saturated carbocycles. The molecular weight excluding hydrogens is 373 g/mol. The van der Waals surface area contributed by atoms with E-state index in [-0.39, 0.29) is 9.97 Å². The Labute approximate surface area is 148 Å². The maximum absolute atomic E-state index is 12.8. The lowest BCUT2D eigenvalue weighted by Gasteiger charge is -2.34. The van der Waals surface area contributed by atoms with Gasteiger partial charge >= 0.3 is 6.18 Å². The number of carbonyl (C=O) groups is 1. The number of fused-ring (bicyclic) bond motifs is 1. The van der Waals surface area contributed by atoms with Crippen LogP contribution in [0.3, 0.4) is 0 Å². The lowest BCUT2D eigenvalue weighted by molar-refractivity contribution is -0.146. The third kappa shape index (κ3) is 2.94. The van der Waals surface area contributed by atoms with E-state index in [1.165, 1.54) is 0 Å². The molecule has 13 heteroatoms. The number of alkyl halides is 3. The molecule has 1 amide bonds. The summed E-state index contributed by atoms with van der Waals surface area (Å²) >= 11 is 0.782. The van der Waals surface area contributed by atoms with Crippen molar-refractivity contribution in [2.45, 2.75) is 6.18 Å². The highest BCUT2D eigenvalue weighted by atomic mass is 32.1. The molecule has 1 aliphatic rings. The van der Waals surface area contributed by atoms with E-state index < -0.39 is 17.9 Å². The Kier molecular flexibility index (Phi) is 3.94. The molecule has 0 unspecified atom stereocenters. The minimum absolute atomic E-state index is 0.0511. The van der Waals surface area contributed by atoms with Gasteiger partial charge in [0.25, 0.3) is 11.7 Å². The topological polar surface area (TPSA) is 92.4 Å². The van der Waals surface area contributed by atoms with E-state index in [2.05, 4.69) is 25.3 Å². The molecule has 0 aliphatic carbocycles. The number of rotatable bonds is 2. The summed E-state index contributed by atoms with van der Waals surface area (Å²) in [5.41, 5.74) is 0. The minimum atomic E-state index is -4.69. The van der Waals surface area contributed by atoms with Crippen molar-refractivity contribution in [1.82, 2.24) is 34.7 Å². The molecule has 0 aromatic carbocycles. The van der Waals surface area contributed by atoms with Gasteiger partial charge in [0.05, 0.1) is 0 Å². The Bertz CT molecular complexity index is 932. The van der Waals surface area contributed by atoms with Crippen LogP contribution in [0, 0.1) is 0 Å². The third-order valence-electron chi connectivity index (χ3n) is 3.83. The highest BCUT2D eigenvalue weighted by molar-refractivity contribution is 7.18. The highest BCUT2D eigenvalue weighted by Crippen LogP contribution is 2.29. The standard InChI is InChI=1S/C13H11F3N8OS/c14-13(15,16)10-19-20-12-24(10)21-8(26-12)9(25)22-4-6-23(7-5-22)11-17-2-1-3-18-11/h1-3H,4-7H2. The second kappa shape index (κ2) is 6.16. The Balaban J connectivity index is 1.49. The van der Waals surface area contributed by atoms with Crippen LogP contribution in [0.4, 0.5) is 19.1 Å². The molecule has 9 nitrogen and oxygen atoms in total. The van der Waals surface area contributed by atoms with Gasteiger partial charge in [-0.15, -0.1) is 15.3 Å². The number of hydrogen-bond donors (Lipinski definition) is 0. The third-order valence-corrected chi connectivity index (χ3v) is 4.72. The lowest BCUT2D eigenvalue weighted by atomic mass is 10.3. The quantitative estimate of drug-likeness (QED) is 0.650. The number of aromatic nitrogens is 6. The number of amides is 1. The normalized spacial score (nSPS) is 15.7. The fraction of sp³-hybridized carbons (Fsp3) is 0.385. The van der Waals surface area contributed by atoms with Crippen LogP contribution in [0.15, 0.2) is 18.5 Å². The van der Waals surface area contributed by atoms with Gasteiger partial charge in [-0.1, -0.05) is 11.3 Å². The van der Waals surface area contributed by atoms with E-state index in [0.717, 1.165) is 11.3 Å². The summed E-state index contributed by atoms with van der Waals surface area (Å²) in [6, 6.07) is 1.71. The molecule has 3 aromatic rings. The molecular formula is C13H11F3N8OS. The molecule has 0 bridgehead atoms. The van der Waals surface area contributed by atoms with E-state index in [4.69, 9.17) is 0 Å². The van der Waals surface area contributed by atoms with Crippen LogP contribution in [0.25, 0.3) is 4.96 Å². The first-order valence-corrected chi connectivity index (χ1v) is 8.36. The average molecular weight is 384 g/mol. The van der Waals surface area contributed by atoms with Gasteiger partial charge in [-0.3, -0.25) is 4.79 Å². The van der Waals surface area contributed by atoms with Crippen LogP contribution in [0.2, 0.25) is 0 Å². The van der Waals surface area contributed by atoms with Crippen LogP contribution in [-0.4, -0.2) is 66.8 Å². The van der Waals surface area contributed by atoms with Gasteiger partial charge in [0.1, 0.15) is 0 Å². The van der Waals surface area contributed by atoms with E-state index in [1.54, 1.807) is 23.4 Å². The van der Waals surface area contributed by atoms with E-state index >= 15 is 0 Å². The summed E-state index contributed by atoms with van der Waals surface area (Å²) in [5, 5.41) is 10.2. The van der Waals surface area contributed by atoms with E-state index in [9.17, 15) is 18.0 Å². The number of hydrogen-bond acceptors (Lipinski definition) is 8. The molecule has 1 saturated heterocycles. The van der Waals surface area contributed by atoms with Gasteiger partial charge in [0.15, 0.2) is 0 Å². The Morgan fingerprint density at radius 3 is 2.42 bits per heavy atom. The van der Waals surface area contributed by atoms with E-state index in [0.29, 0.717) is 36.6 Å². The summed E-state index contributed by atoms with van der Waals surface area (Å²) in [4.78, 5) is 24.3. The maximum Gasteiger partial charge on any atom is 0.453 e. The zero-order chi connectivity index (χ0) is 18.3. The number of nitrogens with zero attached hydrogens (tertiary/aromatic N) is 8. The SMILES string of the molecule is O=C(c1nn2c(C(F)(F)F)nnc2s1)N1CCN(c2ncccn2)CC1. The van der Waals surface area contributed by atoms with Crippen molar-refractivity contribution in [3.63, 3.8) is 0 Å². The molecule has 0 atom stereocenters. The van der Waals surface area contributed by atoms with Crippen molar-refractivity contribution < 1.29 is 18.0 Å². The summed E-state index contributed by atoms with van der Waals surface area (Å²) < 4.78 is 39.1. The Hall–Kier alpha value is -2.83. The monoisotopic (exact) mass is 384 g/mol. The van der Waals surface area contributed by atoms with Crippen LogP contribution < -0.4 is 4.90 Å². The van der Waals surface area contributed by atoms with Crippen LogP contribution in [-0.2, 0) is 6.18 Å². The Morgan fingerprint density at radius 2 is 1.77 bits per heavy atom. The summed E-state index contributed by atoms with van der Waals surface area (Å²) in [6.07, 6.45) is -1.41. The first-order chi connectivity index (χ1) is 12.4. The van der Waals surface area contributed by atoms with Gasteiger partial charge in [-0.2, -0.15) is 17.7 Å². The molecule has 26 heavy (non-hydrogen) atoms. The number of piperazine rings is 1. The van der Waals surface area contributed by atoms with Crippen molar-refractivity contribution in [2.75, 3.05) is 31.1 Å². The van der Waals surface area contributed by atoms with Crippen molar-refractivity contribution in [3.05, 3.63) is 29.3 Å². The second-order valence-corrected chi connectivity index (χ2v) is 6.41. The van der Waals surface area contributed by atoms with E-state index in [1.807, 2.05) is 4.90 Å². The van der Waals surface area contributed by atoms with Crippen molar-refractivity contribution in [2.24, 2.45) is 0 Å². The maximum atomic E-state index is 12.8. The fourth-order valence-electron chi connectivity index (χ4n) is 2.58. The lowest BCUT2D eigenvalue weighted by Crippen LogP contribution is -2.49. The van der Waals surface area contributed by atoms with Crippen molar-refractivity contribution >= 4 is 28.2 Å². The smallest absolute Gasteiger partial charge is 0.337 e. The molecule has 136 valence electrons. The van der Waals surface area contributed by atoms with Crippen molar-refractivity contribution in [3.8, 4) is 0 Å². The Morgan fingerprint density at radius 1 is 1.08 bits per heavy atom. The first kappa shape index (κ1) is 16.6. The predicted octanol–water partition coefficient (Wildman–Crippen LogP) is 0.957. The molecule has 3 aromatic heterocycles. The first-order valence-electron chi connectivity index (χ1n) is 7.54. The summed E-state index contributed by atoms with van der Waals surface area (Å²) in [5.74, 6) is -1.09. The van der Waals surface area contributed by atoms with Crippen LogP contribution in [0.1, 0.15) is 15.6 Å². The van der Waals surface area contributed by atoms with Crippen LogP contribution in [0.5, 0.6) is 0 Å². The molecule has 4 heterocycles. The number of carbonyl (C=O) groups excluding carboxylic acids is 1. The predicted molar refractivity (Wildman–Crippen MR) is 83.8 cm³/mol. The van der Waals surface area contributed by atoms with Gasteiger partial charge in [-0.25, -0.2) is 9.97 Å². The summed E-state index contributed by atoms with van der Waals surface area (Å²) in [6.45, 7) is 1.83. The highest BCUT2D eigenvalue weighted by Gasteiger charge is 2.39. The van der Waals surface area contributed by atoms with Gasteiger partial charge in [-0.05, 0) is 6.07 Å². The van der Waals surface area contributed by atoms with Crippen molar-refractivity contribution in [1.29, 1.82) is 0 Å². The second-order valence-electron chi connectivity index (χ2n) is 5.45. The fourth-order valence-corrected chi connectivity index (χ4v) is 3.39. The summed E-state index contributed by atoms with van der Waals surface area (Å²) in [7, 11) is 0. The molecule has 0 spiro atoms. The molecule has 0 radical (unpaired) electrons. The van der Waals surface area contributed by atoms with Gasteiger partial charge < -0.3 is 9.80 Å². The zero-order valence-electron chi connectivity index (χ0n) is 13.1. The van der Waals surface area contributed by atoms with Gasteiger partial charge in [0, 0.05) is 38.6 Å². The zero-order valence-corrected chi connectivity index (χ0v) is 13.9. The van der Waals surface area contributed by atoms with Crippen LogP contribution >= 0.6 is 11.3 Å².